The summed E-state index contributed by atoms with van der Waals surface area (Å²) in [5.74, 6) is -1.99. The Bertz CT molecular complexity index is 468. The van der Waals surface area contributed by atoms with Crippen molar-refractivity contribution in [1.29, 1.82) is 0 Å². The molecule has 1 amide bonds. The molecule has 2 N–H and O–H groups in total. The second kappa shape index (κ2) is 8.78. The second-order valence-electron chi connectivity index (χ2n) is 4.62. The molecule has 1 rings (SSSR count). The van der Waals surface area contributed by atoms with E-state index in [4.69, 9.17) is 14.6 Å². The number of unbranched alkanes of at least 4 members (excludes halogenated alkanes) is 2. The average molecular weight is 297 g/mol. The van der Waals surface area contributed by atoms with Crippen LogP contribution in [0.25, 0.3) is 0 Å². The zero-order valence-electron chi connectivity index (χ0n) is 11.7. The molecule has 0 fully saturated rings. The third kappa shape index (κ3) is 6.60. The van der Waals surface area contributed by atoms with Crippen LogP contribution in [0.1, 0.15) is 42.7 Å². The summed E-state index contributed by atoms with van der Waals surface area (Å²) >= 11 is 0. The molecule has 0 spiro atoms. The van der Waals surface area contributed by atoms with Crippen LogP contribution in [-0.2, 0) is 9.59 Å². The standard InChI is InChI=1S/C14H19NO6/c16-12(17)6-2-1-3-8-15(9-7-13(18)19)14(20)11-5-4-10-21-11/h4-5,10H,1-3,6-9H2,(H,16,17)(H,18,19). The van der Waals surface area contributed by atoms with Crippen LogP contribution in [0.5, 0.6) is 0 Å². The van der Waals surface area contributed by atoms with Crippen LogP contribution in [0.15, 0.2) is 22.8 Å². The highest BCUT2D eigenvalue weighted by Crippen LogP contribution is 2.09. The molecule has 0 radical (unpaired) electrons. The summed E-state index contributed by atoms with van der Waals surface area (Å²) in [4.78, 5) is 34.6. The van der Waals surface area contributed by atoms with Gasteiger partial charge in [-0.05, 0) is 25.0 Å². The zero-order chi connectivity index (χ0) is 15.7. The Morgan fingerprint density at radius 2 is 1.71 bits per heavy atom. The Balaban J connectivity index is 2.46. The smallest absolute Gasteiger partial charge is 0.305 e. The molecule has 1 heterocycles. The zero-order valence-corrected chi connectivity index (χ0v) is 11.7. The van der Waals surface area contributed by atoms with E-state index in [0.717, 1.165) is 0 Å². The lowest BCUT2D eigenvalue weighted by molar-refractivity contribution is -0.138. The van der Waals surface area contributed by atoms with E-state index >= 15 is 0 Å². The SMILES string of the molecule is O=C(O)CCCCCN(CCC(=O)O)C(=O)c1ccco1. The minimum Gasteiger partial charge on any atom is -0.481 e. The minimum atomic E-state index is -0.974. The molecule has 0 bridgehead atoms. The molecular weight excluding hydrogens is 278 g/mol. The van der Waals surface area contributed by atoms with Gasteiger partial charge in [-0.1, -0.05) is 6.42 Å². The molecule has 0 saturated carbocycles. The summed E-state index contributed by atoms with van der Waals surface area (Å²) in [5.41, 5.74) is 0. The van der Waals surface area contributed by atoms with E-state index in [1.165, 1.54) is 17.2 Å². The Labute approximate surface area is 122 Å². The van der Waals surface area contributed by atoms with Gasteiger partial charge in [-0.2, -0.15) is 0 Å². The van der Waals surface area contributed by atoms with Gasteiger partial charge in [0.25, 0.3) is 5.91 Å². The number of furan rings is 1. The number of aliphatic carboxylic acids is 2. The monoisotopic (exact) mass is 297 g/mol. The number of carbonyl (C=O) groups is 3. The largest absolute Gasteiger partial charge is 0.481 e. The summed E-state index contributed by atoms with van der Waals surface area (Å²) in [6, 6.07) is 3.12. The molecule has 7 nitrogen and oxygen atoms in total. The van der Waals surface area contributed by atoms with E-state index < -0.39 is 11.9 Å². The van der Waals surface area contributed by atoms with Crippen molar-refractivity contribution in [2.75, 3.05) is 13.1 Å². The van der Waals surface area contributed by atoms with E-state index in [1.54, 1.807) is 6.07 Å². The number of carboxylic acid groups (broad SMARTS) is 2. The van der Waals surface area contributed by atoms with Crippen molar-refractivity contribution in [3.8, 4) is 0 Å². The van der Waals surface area contributed by atoms with Gasteiger partial charge in [-0.3, -0.25) is 14.4 Å². The number of amides is 1. The number of carboxylic acids is 2. The first kappa shape index (κ1) is 16.7. The van der Waals surface area contributed by atoms with Crippen LogP contribution in [0.4, 0.5) is 0 Å². The van der Waals surface area contributed by atoms with Gasteiger partial charge in [0.1, 0.15) is 0 Å². The van der Waals surface area contributed by atoms with E-state index in [1.807, 2.05) is 0 Å². The number of carbonyl (C=O) groups excluding carboxylic acids is 1. The first-order chi connectivity index (χ1) is 10.0. The summed E-state index contributed by atoms with van der Waals surface area (Å²) in [5, 5.41) is 17.3. The summed E-state index contributed by atoms with van der Waals surface area (Å²) < 4.78 is 5.03. The molecule has 116 valence electrons. The highest BCUT2D eigenvalue weighted by atomic mass is 16.4. The van der Waals surface area contributed by atoms with Crippen molar-refractivity contribution in [2.24, 2.45) is 0 Å². The van der Waals surface area contributed by atoms with Crippen LogP contribution in [-0.4, -0.2) is 46.0 Å². The maximum Gasteiger partial charge on any atom is 0.305 e. The molecular formula is C14H19NO6. The topological polar surface area (TPSA) is 108 Å². The Kier molecular flexibility index (Phi) is 7.00. The van der Waals surface area contributed by atoms with Gasteiger partial charge < -0.3 is 19.5 Å². The third-order valence-electron chi connectivity index (χ3n) is 2.93. The van der Waals surface area contributed by atoms with E-state index in [9.17, 15) is 14.4 Å². The molecule has 1 aromatic heterocycles. The predicted octanol–water partition coefficient (Wildman–Crippen LogP) is 1.84. The first-order valence-electron chi connectivity index (χ1n) is 6.77. The molecule has 0 atom stereocenters. The van der Waals surface area contributed by atoms with Crippen LogP contribution < -0.4 is 0 Å². The average Bonchev–Trinajstić information content (AvgIpc) is 2.94. The molecule has 1 aromatic rings. The molecule has 21 heavy (non-hydrogen) atoms. The molecule has 0 saturated heterocycles. The maximum atomic E-state index is 12.1. The minimum absolute atomic E-state index is 0.0985. The molecule has 0 aromatic carbocycles. The van der Waals surface area contributed by atoms with Gasteiger partial charge in [0.05, 0.1) is 12.7 Å². The lowest BCUT2D eigenvalue weighted by Gasteiger charge is -2.20. The molecule has 0 aliphatic heterocycles. The number of rotatable bonds is 10. The fourth-order valence-electron chi connectivity index (χ4n) is 1.86. The fraction of sp³-hybridized carbons (Fsp3) is 0.500. The maximum absolute atomic E-state index is 12.1. The number of hydrogen-bond donors (Lipinski definition) is 2. The van der Waals surface area contributed by atoms with E-state index in [2.05, 4.69) is 0 Å². The fourth-order valence-corrected chi connectivity index (χ4v) is 1.86. The Hall–Kier alpha value is -2.31. The lowest BCUT2D eigenvalue weighted by atomic mass is 10.2. The quantitative estimate of drug-likeness (QED) is 0.638. The Morgan fingerprint density at radius 1 is 1.00 bits per heavy atom. The Morgan fingerprint density at radius 3 is 2.29 bits per heavy atom. The highest BCUT2D eigenvalue weighted by Gasteiger charge is 2.18. The molecule has 0 aliphatic rings. The van der Waals surface area contributed by atoms with Crippen LogP contribution >= 0.6 is 0 Å². The van der Waals surface area contributed by atoms with E-state index in [-0.39, 0.29) is 31.1 Å². The summed E-state index contributed by atoms with van der Waals surface area (Å²) in [6.07, 6.45) is 3.18. The molecule has 0 unspecified atom stereocenters. The number of nitrogens with zero attached hydrogens (tertiary/aromatic N) is 1. The molecule has 7 heteroatoms. The normalized spacial score (nSPS) is 10.3. The van der Waals surface area contributed by atoms with Crippen LogP contribution in [0.2, 0.25) is 0 Å². The van der Waals surface area contributed by atoms with Gasteiger partial charge >= 0.3 is 11.9 Å². The highest BCUT2D eigenvalue weighted by molar-refractivity contribution is 5.91. The van der Waals surface area contributed by atoms with Crippen molar-refractivity contribution >= 4 is 17.8 Å². The predicted molar refractivity (Wildman–Crippen MR) is 73.0 cm³/mol. The number of hydrogen-bond acceptors (Lipinski definition) is 4. The van der Waals surface area contributed by atoms with Crippen molar-refractivity contribution in [3.05, 3.63) is 24.2 Å². The van der Waals surface area contributed by atoms with Gasteiger partial charge in [-0.15, -0.1) is 0 Å². The van der Waals surface area contributed by atoms with Crippen molar-refractivity contribution in [1.82, 2.24) is 4.90 Å². The van der Waals surface area contributed by atoms with Crippen molar-refractivity contribution < 1.29 is 29.0 Å². The second-order valence-corrected chi connectivity index (χ2v) is 4.62. The molecule has 0 aliphatic carbocycles. The lowest BCUT2D eigenvalue weighted by Crippen LogP contribution is -2.33. The van der Waals surface area contributed by atoms with Crippen molar-refractivity contribution in [2.45, 2.75) is 32.1 Å². The summed E-state index contributed by atoms with van der Waals surface area (Å²) in [7, 11) is 0. The summed E-state index contributed by atoms with van der Waals surface area (Å²) in [6.45, 7) is 0.486. The van der Waals surface area contributed by atoms with Gasteiger partial charge in [0.15, 0.2) is 5.76 Å². The van der Waals surface area contributed by atoms with E-state index in [0.29, 0.717) is 25.8 Å². The van der Waals surface area contributed by atoms with Crippen molar-refractivity contribution in [3.63, 3.8) is 0 Å². The van der Waals surface area contributed by atoms with Crippen LogP contribution in [0, 0.1) is 0 Å². The van der Waals surface area contributed by atoms with Gasteiger partial charge in [-0.25, -0.2) is 0 Å². The third-order valence-corrected chi connectivity index (χ3v) is 2.93. The van der Waals surface area contributed by atoms with Crippen LogP contribution in [0.3, 0.4) is 0 Å². The van der Waals surface area contributed by atoms with Gasteiger partial charge in [0, 0.05) is 19.5 Å². The first-order valence-corrected chi connectivity index (χ1v) is 6.77. The van der Waals surface area contributed by atoms with Gasteiger partial charge in [0.2, 0.25) is 0 Å².